The van der Waals surface area contributed by atoms with Crippen molar-refractivity contribution in [3.8, 4) is 0 Å². The molecule has 0 bridgehead atoms. The Hall–Kier alpha value is -1.13. The third-order valence-corrected chi connectivity index (χ3v) is 3.95. The molecule has 4 heteroatoms. The fraction of sp³-hybridized carbons (Fsp3) is 0.417. The minimum absolute atomic E-state index is 0.101. The summed E-state index contributed by atoms with van der Waals surface area (Å²) in [6, 6.07) is 7.87. The predicted molar refractivity (Wildman–Crippen MR) is 69.1 cm³/mol. The number of nitrogens with zero attached hydrogens (tertiary/aromatic N) is 1. The van der Waals surface area contributed by atoms with Gasteiger partial charge in [-0.1, -0.05) is 37.0 Å². The molecule has 3 nitrogen and oxygen atoms in total. The molecule has 0 fully saturated rings. The summed E-state index contributed by atoms with van der Waals surface area (Å²) in [5.74, 6) is 0. The fourth-order valence-corrected chi connectivity index (χ4v) is 3.02. The Labute approximate surface area is 98.7 Å². The second-order valence-electron chi connectivity index (χ2n) is 3.90. The first-order valence-electron chi connectivity index (χ1n) is 5.58. The highest BCUT2D eigenvalue weighted by Crippen LogP contribution is 2.21. The SMILES string of the molecule is CCCC(CN)n1sc2ccccc2c1=O. The number of hydrogen-bond acceptors (Lipinski definition) is 3. The molecule has 0 aliphatic rings. The fourth-order valence-electron chi connectivity index (χ4n) is 1.89. The molecule has 1 atom stereocenters. The van der Waals surface area contributed by atoms with Gasteiger partial charge < -0.3 is 5.73 Å². The van der Waals surface area contributed by atoms with Crippen molar-refractivity contribution in [1.82, 2.24) is 3.96 Å². The Balaban J connectivity index is 2.52. The normalized spacial score (nSPS) is 13.1. The van der Waals surface area contributed by atoms with E-state index in [0.717, 1.165) is 22.9 Å². The van der Waals surface area contributed by atoms with Crippen molar-refractivity contribution in [1.29, 1.82) is 0 Å². The lowest BCUT2D eigenvalue weighted by molar-refractivity contribution is 0.492. The van der Waals surface area contributed by atoms with Gasteiger partial charge in [0.2, 0.25) is 0 Å². The van der Waals surface area contributed by atoms with Crippen LogP contribution in [0.2, 0.25) is 0 Å². The van der Waals surface area contributed by atoms with Gasteiger partial charge in [-0.15, -0.1) is 0 Å². The van der Waals surface area contributed by atoms with Gasteiger partial charge in [-0.2, -0.15) is 0 Å². The zero-order valence-electron chi connectivity index (χ0n) is 9.35. The summed E-state index contributed by atoms with van der Waals surface area (Å²) in [5, 5.41) is 0.807. The number of fused-ring (bicyclic) bond motifs is 1. The smallest absolute Gasteiger partial charge is 0.268 e. The van der Waals surface area contributed by atoms with Crippen LogP contribution in [-0.4, -0.2) is 10.5 Å². The van der Waals surface area contributed by atoms with Crippen LogP contribution < -0.4 is 11.3 Å². The highest BCUT2D eigenvalue weighted by atomic mass is 32.1. The van der Waals surface area contributed by atoms with Crippen LogP contribution in [0.25, 0.3) is 10.1 Å². The minimum atomic E-state index is 0.101. The van der Waals surface area contributed by atoms with E-state index < -0.39 is 0 Å². The zero-order chi connectivity index (χ0) is 11.5. The van der Waals surface area contributed by atoms with Crippen LogP contribution in [0.5, 0.6) is 0 Å². The molecule has 0 aliphatic carbocycles. The van der Waals surface area contributed by atoms with Gasteiger partial charge in [0, 0.05) is 6.54 Å². The van der Waals surface area contributed by atoms with Crippen LogP contribution in [0.4, 0.5) is 0 Å². The molecule has 16 heavy (non-hydrogen) atoms. The van der Waals surface area contributed by atoms with Gasteiger partial charge in [0.05, 0.1) is 16.1 Å². The third kappa shape index (κ3) is 1.90. The van der Waals surface area contributed by atoms with Gasteiger partial charge in [0.25, 0.3) is 5.56 Å². The number of nitrogens with two attached hydrogens (primary N) is 1. The topological polar surface area (TPSA) is 48.0 Å². The molecule has 0 amide bonds. The molecule has 86 valence electrons. The highest BCUT2D eigenvalue weighted by molar-refractivity contribution is 7.13. The molecule has 1 aromatic carbocycles. The van der Waals surface area contributed by atoms with E-state index in [1.54, 1.807) is 0 Å². The summed E-state index contributed by atoms with van der Waals surface area (Å²) in [6.07, 6.45) is 2.01. The molecule has 0 aliphatic heterocycles. The van der Waals surface area contributed by atoms with Crippen LogP contribution in [0.3, 0.4) is 0 Å². The van der Waals surface area contributed by atoms with Crippen LogP contribution in [0.1, 0.15) is 25.8 Å². The van der Waals surface area contributed by atoms with Crippen LogP contribution >= 0.6 is 11.5 Å². The maximum atomic E-state index is 12.1. The molecule has 0 radical (unpaired) electrons. The van der Waals surface area contributed by atoms with Crippen molar-refractivity contribution in [3.63, 3.8) is 0 Å². The summed E-state index contributed by atoms with van der Waals surface area (Å²) in [5.41, 5.74) is 5.83. The lowest BCUT2D eigenvalue weighted by atomic mass is 10.2. The van der Waals surface area contributed by atoms with Gasteiger partial charge in [0.1, 0.15) is 0 Å². The molecule has 2 rings (SSSR count). The van der Waals surface area contributed by atoms with E-state index in [1.807, 2.05) is 28.2 Å². The number of rotatable bonds is 4. The average Bonchev–Trinajstić information content (AvgIpc) is 2.64. The van der Waals surface area contributed by atoms with Crippen molar-refractivity contribution >= 4 is 21.6 Å². The van der Waals surface area contributed by atoms with Gasteiger partial charge in [-0.3, -0.25) is 8.75 Å². The summed E-state index contributed by atoms with van der Waals surface area (Å²) in [6.45, 7) is 2.64. The van der Waals surface area contributed by atoms with Crippen molar-refractivity contribution < 1.29 is 0 Å². The summed E-state index contributed by atoms with van der Waals surface area (Å²) in [4.78, 5) is 12.1. The standard InChI is InChI=1S/C12H16N2OS/c1-2-5-9(8-13)14-12(15)10-6-3-4-7-11(10)16-14/h3-4,6-7,9H,2,5,8,13H2,1H3. The van der Waals surface area contributed by atoms with Crippen LogP contribution in [-0.2, 0) is 0 Å². The Kier molecular flexibility index (Phi) is 3.41. The minimum Gasteiger partial charge on any atom is -0.328 e. The molecule has 1 heterocycles. The van der Waals surface area contributed by atoms with Gasteiger partial charge in [-0.05, 0) is 18.6 Å². The molecule has 1 aromatic heterocycles. The molecular weight excluding hydrogens is 220 g/mol. The third-order valence-electron chi connectivity index (χ3n) is 2.74. The molecule has 2 N–H and O–H groups in total. The first-order chi connectivity index (χ1) is 7.77. The molecule has 0 spiro atoms. The Morgan fingerprint density at radius 2 is 2.19 bits per heavy atom. The monoisotopic (exact) mass is 236 g/mol. The number of hydrogen-bond donors (Lipinski definition) is 1. The number of benzene rings is 1. The average molecular weight is 236 g/mol. The Morgan fingerprint density at radius 3 is 2.81 bits per heavy atom. The lowest BCUT2D eigenvalue weighted by Crippen LogP contribution is -2.25. The van der Waals surface area contributed by atoms with Crippen molar-refractivity contribution in [2.75, 3.05) is 6.54 Å². The van der Waals surface area contributed by atoms with E-state index in [1.165, 1.54) is 11.5 Å². The summed E-state index contributed by atoms with van der Waals surface area (Å²) in [7, 11) is 0. The molecular formula is C12H16N2OS. The Morgan fingerprint density at radius 1 is 1.44 bits per heavy atom. The van der Waals surface area contributed by atoms with E-state index >= 15 is 0 Å². The second-order valence-corrected chi connectivity index (χ2v) is 4.91. The second kappa shape index (κ2) is 4.80. The maximum Gasteiger partial charge on any atom is 0.268 e. The van der Waals surface area contributed by atoms with Gasteiger partial charge in [-0.25, -0.2) is 0 Å². The van der Waals surface area contributed by atoms with E-state index in [9.17, 15) is 4.79 Å². The van der Waals surface area contributed by atoms with Gasteiger partial charge in [0.15, 0.2) is 0 Å². The van der Waals surface area contributed by atoms with Gasteiger partial charge >= 0.3 is 0 Å². The van der Waals surface area contributed by atoms with Crippen LogP contribution in [0, 0.1) is 0 Å². The Bertz CT molecular complexity index is 529. The van der Waals surface area contributed by atoms with Crippen molar-refractivity contribution in [2.45, 2.75) is 25.8 Å². The van der Waals surface area contributed by atoms with E-state index in [2.05, 4.69) is 6.92 Å². The maximum absolute atomic E-state index is 12.1. The zero-order valence-corrected chi connectivity index (χ0v) is 10.2. The van der Waals surface area contributed by atoms with E-state index in [4.69, 9.17) is 5.73 Å². The summed E-state index contributed by atoms with van der Waals surface area (Å²) >= 11 is 1.52. The van der Waals surface area contributed by atoms with E-state index in [-0.39, 0.29) is 11.6 Å². The highest BCUT2D eigenvalue weighted by Gasteiger charge is 2.14. The number of aromatic nitrogens is 1. The van der Waals surface area contributed by atoms with Crippen molar-refractivity contribution in [2.24, 2.45) is 5.73 Å². The first-order valence-corrected chi connectivity index (χ1v) is 6.36. The van der Waals surface area contributed by atoms with Crippen LogP contribution in [0.15, 0.2) is 29.1 Å². The predicted octanol–water partition coefficient (Wildman–Crippen LogP) is 2.36. The molecule has 2 aromatic rings. The summed E-state index contributed by atoms with van der Waals surface area (Å²) < 4.78 is 2.87. The van der Waals surface area contributed by atoms with E-state index in [0.29, 0.717) is 6.54 Å². The lowest BCUT2D eigenvalue weighted by Gasteiger charge is -2.13. The van der Waals surface area contributed by atoms with Crippen molar-refractivity contribution in [3.05, 3.63) is 34.6 Å². The first kappa shape index (κ1) is 11.4. The molecule has 0 saturated carbocycles. The largest absolute Gasteiger partial charge is 0.328 e. The molecule has 1 unspecified atom stereocenters. The molecule has 0 saturated heterocycles. The quantitative estimate of drug-likeness (QED) is 0.886.